The van der Waals surface area contributed by atoms with Crippen molar-refractivity contribution >= 4 is 11.6 Å². The van der Waals surface area contributed by atoms with Crippen LogP contribution in [0.1, 0.15) is 27.2 Å². The molecule has 0 amide bonds. The predicted molar refractivity (Wildman–Crippen MR) is 34.9 cm³/mol. The van der Waals surface area contributed by atoms with Gasteiger partial charge in [0.05, 0.1) is 0 Å². The second kappa shape index (κ2) is 5.96. The molecule has 0 N–H and O–H groups in total. The fraction of sp³-hybridized carbons (Fsp3) is 0.571. The summed E-state index contributed by atoms with van der Waals surface area (Å²) in [7, 11) is 0. The summed E-state index contributed by atoms with van der Waals surface area (Å²) in [6, 6.07) is 0. The molecule has 2 nitrogen and oxygen atoms in total. The quantitative estimate of drug-likeness (QED) is 0.269. The van der Waals surface area contributed by atoms with Crippen molar-refractivity contribution in [1.82, 2.24) is 0 Å². The van der Waals surface area contributed by atoms with E-state index in [1.165, 1.54) is 13.8 Å². The Balaban J connectivity index is 0. The summed E-state index contributed by atoms with van der Waals surface area (Å²) in [4.78, 5) is 21.1. The van der Waals surface area contributed by atoms with Gasteiger partial charge in [0.1, 0.15) is 0 Å². The van der Waals surface area contributed by atoms with Gasteiger partial charge in [0.15, 0.2) is 0 Å². The van der Waals surface area contributed by atoms with E-state index in [4.69, 9.17) is 0 Å². The van der Waals surface area contributed by atoms with Gasteiger partial charge in [0.25, 0.3) is 0 Å². The van der Waals surface area contributed by atoms with Gasteiger partial charge in [-0.25, -0.2) is 5.92 Å². The summed E-state index contributed by atoms with van der Waals surface area (Å²) >= 11 is 0. The largest absolute Gasteiger partial charge is 1.00 e. The Morgan fingerprint density at radius 3 is 1.50 bits per heavy atom. The van der Waals surface area contributed by atoms with Crippen molar-refractivity contribution in [3.63, 3.8) is 0 Å². The molecule has 0 aliphatic heterocycles. The summed E-state index contributed by atoms with van der Waals surface area (Å²) in [6.45, 7) is 4.64. The van der Waals surface area contributed by atoms with Crippen LogP contribution < -0.4 is 29.6 Å². The van der Waals surface area contributed by atoms with Crippen molar-refractivity contribution in [3.05, 3.63) is 5.92 Å². The monoisotopic (exact) mass is 150 g/mol. The third kappa shape index (κ3) is 4.09. The fourth-order valence-corrected chi connectivity index (χ4v) is 0.746. The molecule has 0 saturated heterocycles. The topological polar surface area (TPSA) is 34.1 Å². The maximum atomic E-state index is 10.6. The molecular formula is C7H11NaO2. The van der Waals surface area contributed by atoms with Crippen LogP contribution in [0.15, 0.2) is 0 Å². The summed E-state index contributed by atoms with van der Waals surface area (Å²) in [5, 5.41) is 0. The first kappa shape index (κ1) is 12.8. The van der Waals surface area contributed by atoms with E-state index in [0.717, 1.165) is 0 Å². The van der Waals surface area contributed by atoms with Gasteiger partial charge in [-0.2, -0.15) is 6.42 Å². The first-order chi connectivity index (χ1) is 4.09. The molecule has 0 unspecified atom stereocenters. The van der Waals surface area contributed by atoms with Crippen LogP contribution in [0.5, 0.6) is 0 Å². The Labute approximate surface area is 83.7 Å². The second-order valence-corrected chi connectivity index (χ2v) is 1.94. The van der Waals surface area contributed by atoms with Gasteiger partial charge in [-0.15, -0.1) is 0 Å². The number of rotatable bonds is 3. The van der Waals surface area contributed by atoms with Crippen LogP contribution in [-0.4, -0.2) is 11.6 Å². The molecule has 0 aliphatic rings. The third-order valence-corrected chi connectivity index (χ3v) is 1.20. The van der Waals surface area contributed by atoms with Crippen molar-refractivity contribution in [1.29, 1.82) is 0 Å². The number of carbonyl (C=O) groups is 2. The van der Waals surface area contributed by atoms with Gasteiger partial charge in [0, 0.05) is 11.6 Å². The van der Waals surface area contributed by atoms with Gasteiger partial charge in [-0.3, -0.25) is 0 Å². The van der Waals surface area contributed by atoms with Crippen LogP contribution >= 0.6 is 0 Å². The number of Topliss-reactive ketones (excluding diaryl/α,β-unsaturated/α-hetero) is 2. The number of carbonyl (C=O) groups excluding carboxylic acids is 2. The van der Waals surface area contributed by atoms with E-state index in [1.807, 2.05) is 0 Å². The zero-order valence-electron chi connectivity index (χ0n) is 7.02. The average molecular weight is 150 g/mol. The fourth-order valence-electron chi connectivity index (χ4n) is 0.746. The van der Waals surface area contributed by atoms with Crippen molar-refractivity contribution in [2.24, 2.45) is 0 Å². The molecule has 0 bridgehead atoms. The van der Waals surface area contributed by atoms with Crippen LogP contribution in [0.2, 0.25) is 0 Å². The molecule has 0 aromatic heterocycles. The average Bonchev–Trinajstić information content (AvgIpc) is 1.64. The molecule has 0 saturated carbocycles. The molecular weight excluding hydrogens is 139 g/mol. The predicted octanol–water partition coefficient (Wildman–Crippen LogP) is -1.85. The van der Waals surface area contributed by atoms with E-state index in [9.17, 15) is 9.59 Å². The molecule has 0 rings (SSSR count). The van der Waals surface area contributed by atoms with Gasteiger partial charge in [0.2, 0.25) is 0 Å². The first-order valence-corrected chi connectivity index (χ1v) is 2.97. The number of ketones is 2. The molecule has 52 valence electrons. The van der Waals surface area contributed by atoms with E-state index in [1.54, 1.807) is 6.92 Å². The van der Waals surface area contributed by atoms with Crippen molar-refractivity contribution in [3.8, 4) is 0 Å². The molecule has 0 spiro atoms. The van der Waals surface area contributed by atoms with E-state index < -0.39 is 0 Å². The van der Waals surface area contributed by atoms with Crippen LogP contribution in [0.25, 0.3) is 0 Å². The summed E-state index contributed by atoms with van der Waals surface area (Å²) < 4.78 is 0. The van der Waals surface area contributed by atoms with Crippen LogP contribution in [0.4, 0.5) is 0 Å². The molecule has 3 heteroatoms. The zero-order chi connectivity index (χ0) is 7.44. The SMILES string of the molecule is CC[C-](C(C)=O)C(C)=O.[Na+]. The molecule has 0 atom stereocenters. The van der Waals surface area contributed by atoms with Crippen LogP contribution in [0, 0.1) is 5.92 Å². The maximum Gasteiger partial charge on any atom is 1.00 e. The molecule has 0 aromatic rings. The van der Waals surface area contributed by atoms with Crippen molar-refractivity contribution in [2.45, 2.75) is 27.2 Å². The van der Waals surface area contributed by atoms with Crippen LogP contribution in [0.3, 0.4) is 0 Å². The molecule has 10 heavy (non-hydrogen) atoms. The molecule has 0 radical (unpaired) electrons. The van der Waals surface area contributed by atoms with Crippen LogP contribution in [-0.2, 0) is 9.59 Å². The molecule has 0 fully saturated rings. The zero-order valence-corrected chi connectivity index (χ0v) is 9.02. The smallest absolute Gasteiger partial charge is 0.334 e. The Hall–Kier alpha value is 0.210. The summed E-state index contributed by atoms with van der Waals surface area (Å²) in [5.41, 5.74) is 0. The molecule has 0 aliphatic carbocycles. The van der Waals surface area contributed by atoms with Crippen molar-refractivity contribution < 1.29 is 39.1 Å². The Bertz CT molecular complexity index is 118. The van der Waals surface area contributed by atoms with Crippen molar-refractivity contribution in [2.75, 3.05) is 0 Å². The minimum atomic E-state index is -0.106. The number of hydrogen-bond donors (Lipinski definition) is 0. The maximum absolute atomic E-state index is 10.6. The molecule has 0 heterocycles. The second-order valence-electron chi connectivity index (χ2n) is 1.94. The first-order valence-electron chi connectivity index (χ1n) is 2.97. The van der Waals surface area contributed by atoms with Gasteiger partial charge in [-0.05, 0) is 13.8 Å². The summed E-state index contributed by atoms with van der Waals surface area (Å²) in [5.74, 6) is 0.199. The van der Waals surface area contributed by atoms with E-state index >= 15 is 0 Å². The standard InChI is InChI=1S/C7H11O2.Na/c1-4-7(5(2)8)6(3)9;/h4H2,1-3H3;/q-1;+1. The minimum absolute atomic E-state index is 0. The third-order valence-electron chi connectivity index (χ3n) is 1.20. The van der Waals surface area contributed by atoms with Gasteiger partial charge < -0.3 is 9.59 Å². The normalized spacial score (nSPS) is 7.90. The Morgan fingerprint density at radius 2 is 1.50 bits per heavy atom. The van der Waals surface area contributed by atoms with Gasteiger partial charge >= 0.3 is 29.6 Å². The Morgan fingerprint density at radius 1 is 1.20 bits per heavy atom. The molecule has 0 aromatic carbocycles. The van der Waals surface area contributed by atoms with Gasteiger partial charge in [-0.1, -0.05) is 6.92 Å². The van der Waals surface area contributed by atoms with E-state index in [-0.39, 0.29) is 41.1 Å². The minimum Gasteiger partial charge on any atom is -0.334 e. The summed E-state index contributed by atoms with van der Waals surface area (Å²) in [6.07, 6.45) is 0.546. The number of hydrogen-bond acceptors (Lipinski definition) is 2. The van der Waals surface area contributed by atoms with E-state index in [0.29, 0.717) is 12.3 Å². The Kier molecular flexibility index (Phi) is 7.65. The van der Waals surface area contributed by atoms with E-state index in [2.05, 4.69) is 0 Å².